The summed E-state index contributed by atoms with van der Waals surface area (Å²) < 4.78 is 6.20. The van der Waals surface area contributed by atoms with E-state index in [1.165, 1.54) is 11.3 Å². The molecular weight excluding hydrogens is 262 g/mol. The first kappa shape index (κ1) is 11.7. The van der Waals surface area contributed by atoms with Crippen LogP contribution in [0.1, 0.15) is 5.56 Å². The summed E-state index contributed by atoms with van der Waals surface area (Å²) in [6.45, 7) is 0.380. The second-order valence-electron chi connectivity index (χ2n) is 3.87. The maximum atomic E-state index is 5.82. The smallest absolute Gasteiger partial charge is 0.320 e. The molecule has 0 fully saturated rings. The van der Waals surface area contributed by atoms with Crippen LogP contribution in [0.5, 0.6) is 6.01 Å². The number of nitrogen functional groups attached to an aromatic ring is 2. The molecule has 0 aliphatic rings. The second kappa shape index (κ2) is 4.69. The summed E-state index contributed by atoms with van der Waals surface area (Å²) in [5.74, 6) is 0.335. The number of anilines is 2. The SMILES string of the molecule is Nc1nc2nc(OCc3ccccc3)nc(N)c2s1. The Labute approximate surface area is 113 Å². The van der Waals surface area contributed by atoms with Crippen LogP contribution in [0.4, 0.5) is 10.9 Å². The summed E-state index contributed by atoms with van der Waals surface area (Å²) in [5.41, 5.74) is 12.9. The van der Waals surface area contributed by atoms with E-state index in [0.29, 0.717) is 27.9 Å². The van der Waals surface area contributed by atoms with Crippen molar-refractivity contribution in [3.63, 3.8) is 0 Å². The van der Waals surface area contributed by atoms with Crippen molar-refractivity contribution in [2.75, 3.05) is 11.5 Å². The molecule has 0 aliphatic heterocycles. The molecule has 96 valence electrons. The number of rotatable bonds is 3. The second-order valence-corrected chi connectivity index (χ2v) is 4.90. The van der Waals surface area contributed by atoms with E-state index < -0.39 is 0 Å². The minimum atomic E-state index is 0.208. The molecule has 2 aromatic heterocycles. The zero-order valence-electron chi connectivity index (χ0n) is 9.91. The lowest BCUT2D eigenvalue weighted by Crippen LogP contribution is -2.02. The minimum absolute atomic E-state index is 0.208. The lowest BCUT2D eigenvalue weighted by atomic mass is 10.2. The van der Waals surface area contributed by atoms with Gasteiger partial charge in [0, 0.05) is 0 Å². The van der Waals surface area contributed by atoms with Gasteiger partial charge in [-0.05, 0) is 5.56 Å². The summed E-state index contributed by atoms with van der Waals surface area (Å²) in [6, 6.07) is 9.96. The van der Waals surface area contributed by atoms with Crippen molar-refractivity contribution in [3.8, 4) is 6.01 Å². The normalized spacial score (nSPS) is 10.7. The Bertz CT molecular complexity index is 713. The first-order valence-corrected chi connectivity index (χ1v) is 6.40. The summed E-state index contributed by atoms with van der Waals surface area (Å²) >= 11 is 1.26. The van der Waals surface area contributed by atoms with Gasteiger partial charge in [-0.25, -0.2) is 0 Å². The molecule has 0 radical (unpaired) electrons. The van der Waals surface area contributed by atoms with Crippen molar-refractivity contribution in [2.45, 2.75) is 6.61 Å². The standard InChI is InChI=1S/C12H11N5OS/c13-9-8-10(16-11(14)19-8)17-12(15-9)18-6-7-4-2-1-3-5-7/h1-5H,6H2,(H4,13,14,15,16,17). The molecule has 0 atom stereocenters. The van der Waals surface area contributed by atoms with Crippen LogP contribution in [0.15, 0.2) is 30.3 Å². The fraction of sp³-hybridized carbons (Fsp3) is 0.0833. The zero-order valence-corrected chi connectivity index (χ0v) is 10.7. The molecule has 6 nitrogen and oxygen atoms in total. The highest BCUT2D eigenvalue weighted by Gasteiger charge is 2.10. The molecule has 19 heavy (non-hydrogen) atoms. The lowest BCUT2D eigenvalue weighted by Gasteiger charge is -2.04. The first-order valence-electron chi connectivity index (χ1n) is 5.58. The van der Waals surface area contributed by atoms with E-state index in [0.717, 1.165) is 5.56 Å². The van der Waals surface area contributed by atoms with E-state index >= 15 is 0 Å². The third kappa shape index (κ3) is 2.41. The van der Waals surface area contributed by atoms with Gasteiger partial charge in [0.25, 0.3) is 0 Å². The summed E-state index contributed by atoms with van der Waals surface area (Å²) in [4.78, 5) is 12.3. The average Bonchev–Trinajstić information content (AvgIpc) is 2.79. The molecular formula is C12H11N5OS. The molecule has 0 unspecified atom stereocenters. The van der Waals surface area contributed by atoms with Gasteiger partial charge in [-0.3, -0.25) is 0 Å². The predicted octanol–water partition coefficient (Wildman–Crippen LogP) is 1.83. The van der Waals surface area contributed by atoms with Crippen LogP contribution in [0.2, 0.25) is 0 Å². The fourth-order valence-electron chi connectivity index (χ4n) is 1.63. The summed E-state index contributed by atoms with van der Waals surface area (Å²) in [7, 11) is 0. The lowest BCUT2D eigenvalue weighted by molar-refractivity contribution is 0.282. The number of hydrogen-bond donors (Lipinski definition) is 2. The van der Waals surface area contributed by atoms with E-state index in [1.54, 1.807) is 0 Å². The quantitative estimate of drug-likeness (QED) is 0.755. The molecule has 7 heteroatoms. The number of ether oxygens (including phenoxy) is 1. The maximum Gasteiger partial charge on any atom is 0.320 e. The summed E-state index contributed by atoms with van der Waals surface area (Å²) in [6.07, 6.45) is 0. The van der Waals surface area contributed by atoms with E-state index in [-0.39, 0.29) is 6.01 Å². The summed E-state index contributed by atoms with van der Waals surface area (Å²) in [5, 5.41) is 0.413. The van der Waals surface area contributed by atoms with Crippen LogP contribution in [0, 0.1) is 0 Å². The van der Waals surface area contributed by atoms with Gasteiger partial charge >= 0.3 is 6.01 Å². The Morgan fingerprint density at radius 2 is 1.84 bits per heavy atom. The number of nitrogens with zero attached hydrogens (tertiary/aromatic N) is 3. The van der Waals surface area contributed by atoms with Crippen LogP contribution < -0.4 is 16.2 Å². The van der Waals surface area contributed by atoms with Crippen LogP contribution in [0.3, 0.4) is 0 Å². The molecule has 1 aromatic carbocycles. The van der Waals surface area contributed by atoms with E-state index in [4.69, 9.17) is 16.2 Å². The highest BCUT2D eigenvalue weighted by atomic mass is 32.1. The van der Waals surface area contributed by atoms with Crippen LogP contribution in [0.25, 0.3) is 10.3 Å². The Morgan fingerprint density at radius 1 is 1.05 bits per heavy atom. The van der Waals surface area contributed by atoms with Crippen molar-refractivity contribution in [1.82, 2.24) is 15.0 Å². The third-order valence-electron chi connectivity index (χ3n) is 2.49. The fourth-order valence-corrected chi connectivity index (χ4v) is 2.30. The molecule has 0 spiro atoms. The molecule has 0 saturated heterocycles. The van der Waals surface area contributed by atoms with Crippen molar-refractivity contribution in [1.29, 1.82) is 0 Å². The first-order chi connectivity index (χ1) is 9.22. The highest BCUT2D eigenvalue weighted by molar-refractivity contribution is 7.22. The van der Waals surface area contributed by atoms with Gasteiger partial charge in [0.1, 0.15) is 11.3 Å². The van der Waals surface area contributed by atoms with Crippen molar-refractivity contribution in [3.05, 3.63) is 35.9 Å². The number of benzene rings is 1. The number of fused-ring (bicyclic) bond motifs is 1. The molecule has 3 aromatic rings. The number of thiazole rings is 1. The topological polar surface area (TPSA) is 99.9 Å². The molecule has 2 heterocycles. The van der Waals surface area contributed by atoms with Crippen LogP contribution in [-0.4, -0.2) is 15.0 Å². The Balaban J connectivity index is 1.85. The van der Waals surface area contributed by atoms with Gasteiger partial charge in [-0.15, -0.1) is 0 Å². The van der Waals surface area contributed by atoms with Crippen LogP contribution >= 0.6 is 11.3 Å². The molecule has 0 saturated carbocycles. The molecule has 0 amide bonds. The van der Waals surface area contributed by atoms with Gasteiger partial charge in [0.2, 0.25) is 0 Å². The average molecular weight is 273 g/mol. The van der Waals surface area contributed by atoms with Gasteiger partial charge in [-0.2, -0.15) is 15.0 Å². The Morgan fingerprint density at radius 3 is 2.63 bits per heavy atom. The number of hydrogen-bond acceptors (Lipinski definition) is 7. The molecule has 4 N–H and O–H groups in total. The number of nitrogens with two attached hydrogens (primary N) is 2. The Kier molecular flexibility index (Phi) is 2.88. The van der Waals surface area contributed by atoms with E-state index in [2.05, 4.69) is 15.0 Å². The van der Waals surface area contributed by atoms with Gasteiger partial charge in [0.05, 0.1) is 0 Å². The number of aromatic nitrogens is 3. The van der Waals surface area contributed by atoms with Crippen molar-refractivity contribution >= 4 is 32.6 Å². The molecule has 3 rings (SSSR count). The Hall–Kier alpha value is -2.41. The van der Waals surface area contributed by atoms with E-state index in [1.807, 2.05) is 30.3 Å². The third-order valence-corrected chi connectivity index (χ3v) is 3.38. The van der Waals surface area contributed by atoms with Crippen molar-refractivity contribution in [2.24, 2.45) is 0 Å². The monoisotopic (exact) mass is 273 g/mol. The predicted molar refractivity (Wildman–Crippen MR) is 74.8 cm³/mol. The minimum Gasteiger partial charge on any atom is -0.458 e. The highest BCUT2D eigenvalue weighted by Crippen LogP contribution is 2.28. The van der Waals surface area contributed by atoms with Gasteiger partial charge < -0.3 is 16.2 Å². The zero-order chi connectivity index (χ0) is 13.2. The molecule has 0 bridgehead atoms. The molecule has 0 aliphatic carbocycles. The maximum absolute atomic E-state index is 5.82. The van der Waals surface area contributed by atoms with Crippen molar-refractivity contribution < 1.29 is 4.74 Å². The largest absolute Gasteiger partial charge is 0.458 e. The van der Waals surface area contributed by atoms with Gasteiger partial charge in [0.15, 0.2) is 16.6 Å². The van der Waals surface area contributed by atoms with Gasteiger partial charge in [-0.1, -0.05) is 41.7 Å². The van der Waals surface area contributed by atoms with Crippen LogP contribution in [-0.2, 0) is 6.61 Å². The van der Waals surface area contributed by atoms with E-state index in [9.17, 15) is 0 Å².